The van der Waals surface area contributed by atoms with E-state index in [2.05, 4.69) is 0 Å². The predicted molar refractivity (Wildman–Crippen MR) is 154 cm³/mol. The smallest absolute Gasteiger partial charge is 0.345 e. The second-order valence-electron chi connectivity index (χ2n) is 9.67. The monoisotopic (exact) mass is 524 g/mol. The summed E-state index contributed by atoms with van der Waals surface area (Å²) in [6.45, 7) is 0. The van der Waals surface area contributed by atoms with E-state index in [1.165, 1.54) is 36.4 Å². The van der Waals surface area contributed by atoms with Gasteiger partial charge in [0.2, 0.25) is 0 Å². The zero-order valence-electron chi connectivity index (χ0n) is 20.2. The Bertz CT molecular complexity index is 2630. The Morgan fingerprint density at radius 1 is 0.325 bits per heavy atom. The van der Waals surface area contributed by atoms with Crippen molar-refractivity contribution in [1.82, 2.24) is 0 Å². The quantitative estimate of drug-likeness (QED) is 0.166. The summed E-state index contributed by atoms with van der Waals surface area (Å²) in [5, 5.41) is 0.589. The minimum absolute atomic E-state index is 0.0562. The summed E-state index contributed by atoms with van der Waals surface area (Å²) < 4.78 is 11.3. The summed E-state index contributed by atoms with van der Waals surface area (Å²) in [6, 6.07) is 18.4. The fourth-order valence-electron chi connectivity index (χ4n) is 5.90. The lowest BCUT2D eigenvalue weighted by Gasteiger charge is -2.09. The van der Waals surface area contributed by atoms with Crippen molar-refractivity contribution in [3.05, 3.63) is 135 Å². The third kappa shape index (κ3) is 2.59. The second-order valence-corrected chi connectivity index (χ2v) is 9.67. The maximum Gasteiger partial charge on any atom is 0.345 e. The molecule has 0 saturated carbocycles. The second kappa shape index (κ2) is 7.42. The highest BCUT2D eigenvalue weighted by atomic mass is 16.4. The summed E-state index contributed by atoms with van der Waals surface area (Å²) in [4.78, 5) is 80.2. The Kier molecular flexibility index (Phi) is 4.13. The van der Waals surface area contributed by atoms with Crippen LogP contribution in [0.4, 0.5) is 0 Å². The molecule has 6 aromatic carbocycles. The Morgan fingerprint density at radius 3 is 1.02 bits per heavy atom. The molecule has 0 amide bonds. The molecule has 0 N–H and O–H groups in total. The summed E-state index contributed by atoms with van der Waals surface area (Å²) in [6.07, 6.45) is 0. The molecule has 0 spiro atoms. The van der Waals surface area contributed by atoms with Gasteiger partial charge in [-0.2, -0.15) is 0 Å². The van der Waals surface area contributed by atoms with Crippen molar-refractivity contribution in [2.75, 3.05) is 0 Å². The molecule has 40 heavy (non-hydrogen) atoms. The van der Waals surface area contributed by atoms with Crippen LogP contribution in [0.2, 0.25) is 0 Å². The third-order valence-electron chi connectivity index (χ3n) is 7.68. The first-order valence-corrected chi connectivity index (χ1v) is 12.3. The molecule has 2 aromatic heterocycles. The van der Waals surface area contributed by atoms with Gasteiger partial charge in [0.05, 0.1) is 21.5 Å². The SMILES string of the molecule is O=c1c2ccccc2c(=O)c2c1ccc1c2oc(=O)c2c3ccc4c(=O)c5ccccc5c(=O)c4c3oc(=O)c12. The first kappa shape index (κ1) is 22.2. The first-order valence-electron chi connectivity index (χ1n) is 12.3. The lowest BCUT2D eigenvalue weighted by atomic mass is 9.97. The average Bonchev–Trinajstić information content (AvgIpc) is 2.97. The van der Waals surface area contributed by atoms with Gasteiger partial charge in [0.25, 0.3) is 0 Å². The fraction of sp³-hybridized carbons (Fsp3) is 0. The van der Waals surface area contributed by atoms with E-state index < -0.39 is 33.0 Å². The van der Waals surface area contributed by atoms with E-state index in [9.17, 15) is 28.8 Å². The molecule has 0 aliphatic rings. The molecule has 188 valence electrons. The zero-order valence-corrected chi connectivity index (χ0v) is 20.2. The van der Waals surface area contributed by atoms with E-state index >= 15 is 0 Å². The third-order valence-corrected chi connectivity index (χ3v) is 7.68. The van der Waals surface area contributed by atoms with Gasteiger partial charge in [0.1, 0.15) is 0 Å². The van der Waals surface area contributed by atoms with Crippen LogP contribution in [0, 0.1) is 0 Å². The number of fused-ring (bicyclic) bond motifs is 11. The molecule has 0 saturated heterocycles. The maximum absolute atomic E-state index is 13.5. The normalized spacial score (nSPS) is 12.1. The van der Waals surface area contributed by atoms with Crippen molar-refractivity contribution in [1.29, 1.82) is 0 Å². The summed E-state index contributed by atoms with van der Waals surface area (Å²) in [5.74, 6) is 0. The van der Waals surface area contributed by atoms with E-state index in [1.807, 2.05) is 0 Å². The first-order chi connectivity index (χ1) is 19.4. The van der Waals surface area contributed by atoms with Gasteiger partial charge >= 0.3 is 11.3 Å². The van der Waals surface area contributed by atoms with Gasteiger partial charge < -0.3 is 8.83 Å². The average molecular weight is 524 g/mol. The van der Waals surface area contributed by atoms with Gasteiger partial charge in [-0.3, -0.25) is 19.2 Å². The standard InChI is InChI=1S/C32H12O8/c33-25-13-5-1-3-7-15(13)27(35)23-17(25)9-11-19-21-22(31(37)39-29(19)23)20-12-10-18-24(30(20)40-32(21)38)28(36)16-8-4-2-6-14(16)26(18)34/h1-12H. The fourth-order valence-corrected chi connectivity index (χ4v) is 5.90. The summed E-state index contributed by atoms with van der Waals surface area (Å²) >= 11 is 0. The Labute approximate surface area is 219 Å². The number of benzene rings is 6. The van der Waals surface area contributed by atoms with Crippen molar-refractivity contribution in [2.24, 2.45) is 0 Å². The van der Waals surface area contributed by atoms with Crippen molar-refractivity contribution in [2.45, 2.75) is 0 Å². The van der Waals surface area contributed by atoms with Crippen LogP contribution < -0.4 is 33.0 Å². The number of hydrogen-bond acceptors (Lipinski definition) is 8. The summed E-state index contributed by atoms with van der Waals surface area (Å²) in [7, 11) is 0. The van der Waals surface area contributed by atoms with Crippen LogP contribution in [0.1, 0.15) is 0 Å². The van der Waals surface area contributed by atoms with Crippen molar-refractivity contribution >= 4 is 75.8 Å². The van der Waals surface area contributed by atoms with Crippen LogP contribution in [-0.4, -0.2) is 0 Å². The van der Waals surface area contributed by atoms with Crippen LogP contribution >= 0.6 is 0 Å². The molecule has 0 unspecified atom stereocenters. The Hall–Kier alpha value is -5.76. The topological polar surface area (TPSA) is 129 Å². The highest BCUT2D eigenvalue weighted by molar-refractivity contribution is 6.22. The van der Waals surface area contributed by atoms with Gasteiger partial charge in [-0.15, -0.1) is 0 Å². The number of rotatable bonds is 0. The highest BCUT2D eigenvalue weighted by Gasteiger charge is 2.23. The van der Waals surface area contributed by atoms with Crippen molar-refractivity contribution in [3.8, 4) is 0 Å². The molecule has 8 aromatic rings. The maximum atomic E-state index is 13.5. The van der Waals surface area contributed by atoms with Crippen LogP contribution in [0.15, 0.2) is 110 Å². The van der Waals surface area contributed by atoms with Gasteiger partial charge in [-0.1, -0.05) is 48.5 Å². The largest absolute Gasteiger partial charge is 0.421 e. The Morgan fingerprint density at radius 2 is 0.650 bits per heavy atom. The molecule has 8 heteroatoms. The van der Waals surface area contributed by atoms with E-state index in [0.29, 0.717) is 0 Å². The van der Waals surface area contributed by atoms with Gasteiger partial charge in [-0.05, 0) is 24.3 Å². The van der Waals surface area contributed by atoms with Crippen molar-refractivity contribution < 1.29 is 8.83 Å². The van der Waals surface area contributed by atoms with Crippen LogP contribution in [0.25, 0.3) is 75.8 Å². The van der Waals surface area contributed by atoms with E-state index in [-0.39, 0.29) is 75.8 Å². The lowest BCUT2D eigenvalue weighted by Crippen LogP contribution is -2.16. The van der Waals surface area contributed by atoms with Gasteiger partial charge in [-0.25, -0.2) is 9.59 Å². The van der Waals surface area contributed by atoms with E-state index in [4.69, 9.17) is 8.83 Å². The predicted octanol–water partition coefficient (Wildman–Crippen LogP) is 3.98. The van der Waals surface area contributed by atoms with E-state index in [1.54, 1.807) is 36.4 Å². The molecular formula is C32H12O8. The summed E-state index contributed by atoms with van der Waals surface area (Å²) in [5.41, 5.74) is -4.16. The van der Waals surface area contributed by atoms with Crippen LogP contribution in [0.5, 0.6) is 0 Å². The number of hydrogen-bond donors (Lipinski definition) is 0. The van der Waals surface area contributed by atoms with E-state index in [0.717, 1.165) is 0 Å². The highest BCUT2D eigenvalue weighted by Crippen LogP contribution is 2.31. The van der Waals surface area contributed by atoms with Gasteiger partial charge in [0.15, 0.2) is 32.9 Å². The van der Waals surface area contributed by atoms with Crippen LogP contribution in [0.3, 0.4) is 0 Å². The molecule has 0 fully saturated rings. The molecule has 0 aliphatic carbocycles. The zero-order chi connectivity index (χ0) is 27.4. The molecule has 8 nitrogen and oxygen atoms in total. The van der Waals surface area contributed by atoms with Crippen LogP contribution in [-0.2, 0) is 0 Å². The minimum Gasteiger partial charge on any atom is -0.421 e. The molecular weight excluding hydrogens is 512 g/mol. The molecule has 8 rings (SSSR count). The molecule has 0 atom stereocenters. The Balaban J connectivity index is 1.63. The molecule has 0 radical (unpaired) electrons. The molecule has 0 bridgehead atoms. The molecule has 2 heterocycles. The van der Waals surface area contributed by atoms with Crippen molar-refractivity contribution in [3.63, 3.8) is 0 Å². The lowest BCUT2D eigenvalue weighted by molar-refractivity contribution is 0.561. The van der Waals surface area contributed by atoms with Gasteiger partial charge in [0, 0.05) is 43.1 Å². The molecule has 0 aliphatic heterocycles. The minimum atomic E-state index is -0.956.